The molecule has 3 aliphatic heterocycles. The first-order valence-corrected chi connectivity index (χ1v) is 9.46. The molecule has 27 heavy (non-hydrogen) atoms. The molecule has 2 amide bonds. The first-order valence-electron chi connectivity index (χ1n) is 9.46. The fraction of sp³-hybridized carbons (Fsp3) is 0.667. The van der Waals surface area contributed by atoms with E-state index in [0.29, 0.717) is 76.8 Å². The van der Waals surface area contributed by atoms with E-state index in [1.165, 1.54) is 0 Å². The Hall–Kier alpha value is -2.26. The molecule has 146 valence electrons. The van der Waals surface area contributed by atoms with E-state index < -0.39 is 5.79 Å². The monoisotopic (exact) mass is 375 g/mol. The summed E-state index contributed by atoms with van der Waals surface area (Å²) in [6, 6.07) is 0. The SMILES string of the molecule is CC(=O)N1CCN(c2ncc(C(=O)N3CCC4(CC3)OCCO4)cn2)CC1. The van der Waals surface area contributed by atoms with Gasteiger partial charge in [0, 0.05) is 71.4 Å². The number of anilines is 1. The van der Waals surface area contributed by atoms with Crippen molar-refractivity contribution < 1.29 is 19.1 Å². The molecule has 4 rings (SSSR count). The number of piperidine rings is 1. The first-order chi connectivity index (χ1) is 13.1. The van der Waals surface area contributed by atoms with Crippen LogP contribution in [-0.4, -0.2) is 89.9 Å². The Labute approximate surface area is 158 Å². The Bertz CT molecular complexity index is 686. The lowest BCUT2D eigenvalue weighted by atomic mass is 10.0. The third-order valence-electron chi connectivity index (χ3n) is 5.52. The molecular weight excluding hydrogens is 350 g/mol. The van der Waals surface area contributed by atoms with Crippen molar-refractivity contribution in [1.29, 1.82) is 0 Å². The van der Waals surface area contributed by atoms with Crippen molar-refractivity contribution in [2.75, 3.05) is 57.4 Å². The Morgan fingerprint density at radius 1 is 0.926 bits per heavy atom. The molecule has 9 nitrogen and oxygen atoms in total. The molecule has 1 aromatic rings. The summed E-state index contributed by atoms with van der Waals surface area (Å²) in [5, 5.41) is 0. The molecule has 1 spiro atoms. The highest BCUT2D eigenvalue weighted by atomic mass is 16.7. The predicted octanol–water partition coefficient (Wildman–Crippen LogP) is 0.124. The van der Waals surface area contributed by atoms with Crippen LogP contribution in [0.25, 0.3) is 0 Å². The summed E-state index contributed by atoms with van der Waals surface area (Å²) in [6.45, 7) is 6.77. The van der Waals surface area contributed by atoms with Crippen molar-refractivity contribution in [3.63, 3.8) is 0 Å². The summed E-state index contributed by atoms with van der Waals surface area (Å²) in [5.41, 5.74) is 0.491. The number of ether oxygens (including phenoxy) is 2. The van der Waals surface area contributed by atoms with E-state index in [1.807, 2.05) is 9.80 Å². The van der Waals surface area contributed by atoms with E-state index in [9.17, 15) is 9.59 Å². The number of rotatable bonds is 2. The van der Waals surface area contributed by atoms with E-state index in [2.05, 4.69) is 9.97 Å². The van der Waals surface area contributed by atoms with Crippen molar-refractivity contribution in [2.45, 2.75) is 25.6 Å². The van der Waals surface area contributed by atoms with E-state index in [0.717, 1.165) is 0 Å². The van der Waals surface area contributed by atoms with Gasteiger partial charge >= 0.3 is 0 Å². The van der Waals surface area contributed by atoms with Crippen LogP contribution in [0.1, 0.15) is 30.1 Å². The van der Waals surface area contributed by atoms with Gasteiger partial charge in [-0.05, 0) is 0 Å². The van der Waals surface area contributed by atoms with Crippen molar-refractivity contribution in [3.8, 4) is 0 Å². The summed E-state index contributed by atoms with van der Waals surface area (Å²) in [7, 11) is 0. The van der Waals surface area contributed by atoms with E-state index in [-0.39, 0.29) is 11.8 Å². The van der Waals surface area contributed by atoms with E-state index in [4.69, 9.17) is 9.47 Å². The Morgan fingerprint density at radius 2 is 1.52 bits per heavy atom. The van der Waals surface area contributed by atoms with Crippen LogP contribution >= 0.6 is 0 Å². The second-order valence-corrected chi connectivity index (χ2v) is 7.16. The minimum Gasteiger partial charge on any atom is -0.347 e. The lowest BCUT2D eigenvalue weighted by Gasteiger charge is -2.37. The number of carbonyl (C=O) groups is 2. The van der Waals surface area contributed by atoms with Crippen LogP contribution in [0.2, 0.25) is 0 Å². The maximum Gasteiger partial charge on any atom is 0.256 e. The van der Waals surface area contributed by atoms with Crippen LogP contribution in [0.5, 0.6) is 0 Å². The van der Waals surface area contributed by atoms with Crippen LogP contribution < -0.4 is 4.90 Å². The summed E-state index contributed by atoms with van der Waals surface area (Å²) >= 11 is 0. The number of amides is 2. The van der Waals surface area contributed by atoms with Gasteiger partial charge in [-0.3, -0.25) is 9.59 Å². The van der Waals surface area contributed by atoms with Crippen LogP contribution in [0, 0.1) is 0 Å². The molecule has 0 aromatic carbocycles. The van der Waals surface area contributed by atoms with Gasteiger partial charge in [0.2, 0.25) is 11.9 Å². The Balaban J connectivity index is 1.34. The number of hydrogen-bond donors (Lipinski definition) is 0. The fourth-order valence-corrected chi connectivity index (χ4v) is 3.84. The maximum absolute atomic E-state index is 12.7. The third kappa shape index (κ3) is 3.74. The van der Waals surface area contributed by atoms with Crippen LogP contribution in [0.15, 0.2) is 12.4 Å². The van der Waals surface area contributed by atoms with Gasteiger partial charge in [0.05, 0.1) is 18.8 Å². The van der Waals surface area contributed by atoms with Crippen LogP contribution in [0.4, 0.5) is 5.95 Å². The molecule has 0 bridgehead atoms. The van der Waals surface area contributed by atoms with Crippen molar-refractivity contribution >= 4 is 17.8 Å². The maximum atomic E-state index is 12.7. The van der Waals surface area contributed by atoms with Crippen molar-refractivity contribution in [2.24, 2.45) is 0 Å². The third-order valence-corrected chi connectivity index (χ3v) is 5.52. The van der Waals surface area contributed by atoms with Gasteiger partial charge in [-0.15, -0.1) is 0 Å². The summed E-state index contributed by atoms with van der Waals surface area (Å²) in [5.74, 6) is 0.142. The first kappa shape index (κ1) is 18.1. The molecule has 3 saturated heterocycles. The van der Waals surface area contributed by atoms with Gasteiger partial charge in [-0.2, -0.15) is 0 Å². The highest BCUT2D eigenvalue weighted by Gasteiger charge is 2.40. The predicted molar refractivity (Wildman–Crippen MR) is 96.3 cm³/mol. The number of nitrogens with zero attached hydrogens (tertiary/aromatic N) is 5. The number of aromatic nitrogens is 2. The van der Waals surface area contributed by atoms with Crippen molar-refractivity contribution in [3.05, 3.63) is 18.0 Å². The molecule has 3 fully saturated rings. The Morgan fingerprint density at radius 3 is 2.07 bits per heavy atom. The smallest absolute Gasteiger partial charge is 0.256 e. The molecule has 0 radical (unpaired) electrons. The topological polar surface area (TPSA) is 88.1 Å². The van der Waals surface area contributed by atoms with Crippen LogP contribution in [0.3, 0.4) is 0 Å². The Kier molecular flexibility index (Phi) is 4.96. The quantitative estimate of drug-likeness (QED) is 0.726. The van der Waals surface area contributed by atoms with Crippen molar-refractivity contribution in [1.82, 2.24) is 19.8 Å². The molecule has 0 unspecified atom stereocenters. The van der Waals surface area contributed by atoms with Gasteiger partial charge in [-0.25, -0.2) is 9.97 Å². The zero-order valence-corrected chi connectivity index (χ0v) is 15.6. The molecule has 4 heterocycles. The average Bonchev–Trinajstić information content (AvgIpc) is 3.16. The highest BCUT2D eigenvalue weighted by molar-refractivity contribution is 5.93. The van der Waals surface area contributed by atoms with E-state index >= 15 is 0 Å². The molecule has 1 aromatic heterocycles. The summed E-state index contributed by atoms with van der Waals surface area (Å²) in [6.07, 6.45) is 4.57. The highest BCUT2D eigenvalue weighted by Crippen LogP contribution is 2.31. The lowest BCUT2D eigenvalue weighted by Crippen LogP contribution is -2.48. The molecule has 0 saturated carbocycles. The minimum absolute atomic E-state index is 0.0594. The molecule has 0 N–H and O–H groups in total. The standard InChI is InChI=1S/C18H25N5O4/c1-14(24)21-6-8-23(9-7-21)17-19-12-15(13-20-17)16(25)22-4-2-18(3-5-22)26-10-11-27-18/h12-13H,2-11H2,1H3. The van der Waals surface area contributed by atoms with Gasteiger partial charge in [0.15, 0.2) is 5.79 Å². The average molecular weight is 375 g/mol. The number of likely N-dealkylation sites (tertiary alicyclic amines) is 1. The second kappa shape index (κ2) is 7.40. The fourth-order valence-electron chi connectivity index (χ4n) is 3.84. The zero-order valence-electron chi connectivity index (χ0n) is 15.6. The number of carbonyl (C=O) groups excluding carboxylic acids is 2. The largest absolute Gasteiger partial charge is 0.347 e. The van der Waals surface area contributed by atoms with Gasteiger partial charge in [0.1, 0.15) is 0 Å². The number of piperazine rings is 1. The normalized spacial score (nSPS) is 22.3. The van der Waals surface area contributed by atoms with Crippen LogP contribution in [-0.2, 0) is 14.3 Å². The molecule has 9 heteroatoms. The summed E-state index contributed by atoms with van der Waals surface area (Å²) in [4.78, 5) is 38.5. The zero-order chi connectivity index (χ0) is 18.9. The molecular formula is C18H25N5O4. The van der Waals surface area contributed by atoms with Gasteiger partial charge in [-0.1, -0.05) is 0 Å². The number of hydrogen-bond acceptors (Lipinski definition) is 7. The summed E-state index contributed by atoms with van der Waals surface area (Å²) < 4.78 is 11.4. The molecule has 0 atom stereocenters. The molecule has 0 aliphatic carbocycles. The second-order valence-electron chi connectivity index (χ2n) is 7.16. The van der Waals surface area contributed by atoms with Gasteiger partial charge < -0.3 is 24.2 Å². The van der Waals surface area contributed by atoms with Gasteiger partial charge in [0.25, 0.3) is 5.91 Å². The van der Waals surface area contributed by atoms with E-state index in [1.54, 1.807) is 24.2 Å². The lowest BCUT2D eigenvalue weighted by molar-refractivity contribution is -0.181. The molecule has 3 aliphatic rings. The minimum atomic E-state index is -0.487.